The van der Waals surface area contributed by atoms with Crippen molar-refractivity contribution in [3.63, 3.8) is 0 Å². The molecule has 1 fully saturated rings. The first-order chi connectivity index (χ1) is 9.02. The molecule has 1 aromatic carbocycles. The van der Waals surface area contributed by atoms with E-state index in [1.165, 1.54) is 7.11 Å². The second kappa shape index (κ2) is 5.48. The second-order valence-corrected chi connectivity index (χ2v) is 5.04. The number of nitrogens with two attached hydrogens (primary N) is 1. The van der Waals surface area contributed by atoms with Gasteiger partial charge in [0, 0.05) is 18.7 Å². The van der Waals surface area contributed by atoms with Crippen LogP contribution in [0, 0.1) is 5.92 Å². The largest absolute Gasteiger partial charge is 0.495 e. The Labute approximate surface area is 113 Å². The number of rotatable bonds is 2. The highest BCUT2D eigenvalue weighted by molar-refractivity contribution is 5.95. The monoisotopic (exact) mass is 264 g/mol. The number of aliphatic hydroxyl groups is 1. The van der Waals surface area contributed by atoms with Crippen LogP contribution >= 0.6 is 0 Å². The lowest BCUT2D eigenvalue weighted by Gasteiger charge is -2.34. The number of nitrogens with zero attached hydrogens (tertiary/aromatic N) is 1. The Morgan fingerprint density at radius 3 is 2.84 bits per heavy atom. The van der Waals surface area contributed by atoms with E-state index in [1.54, 1.807) is 23.1 Å². The Morgan fingerprint density at radius 2 is 2.26 bits per heavy atom. The number of ether oxygens (including phenoxy) is 1. The zero-order valence-corrected chi connectivity index (χ0v) is 11.3. The van der Waals surface area contributed by atoms with Gasteiger partial charge in [0.2, 0.25) is 0 Å². The van der Waals surface area contributed by atoms with Gasteiger partial charge in [-0.05, 0) is 30.5 Å². The summed E-state index contributed by atoms with van der Waals surface area (Å²) in [7, 11) is 1.54. The molecule has 2 atom stereocenters. The van der Waals surface area contributed by atoms with Gasteiger partial charge < -0.3 is 20.5 Å². The van der Waals surface area contributed by atoms with Crippen molar-refractivity contribution in [2.75, 3.05) is 25.9 Å². The summed E-state index contributed by atoms with van der Waals surface area (Å²) in [6.45, 7) is 3.05. The first-order valence-electron chi connectivity index (χ1n) is 6.43. The SMILES string of the molecule is COc1ccc(C(=O)N2CCC(C)C(O)C2)cc1N. The van der Waals surface area contributed by atoms with E-state index in [2.05, 4.69) is 0 Å². The van der Waals surface area contributed by atoms with E-state index in [1.807, 2.05) is 6.92 Å². The van der Waals surface area contributed by atoms with Crippen LogP contribution in [0.1, 0.15) is 23.7 Å². The van der Waals surface area contributed by atoms with E-state index in [0.29, 0.717) is 30.1 Å². The summed E-state index contributed by atoms with van der Waals surface area (Å²) >= 11 is 0. The van der Waals surface area contributed by atoms with E-state index in [-0.39, 0.29) is 11.8 Å². The highest BCUT2D eigenvalue weighted by Crippen LogP contribution is 2.24. The van der Waals surface area contributed by atoms with Gasteiger partial charge in [0.25, 0.3) is 5.91 Å². The van der Waals surface area contributed by atoms with Gasteiger partial charge in [-0.1, -0.05) is 6.92 Å². The number of carbonyl (C=O) groups is 1. The third-order valence-electron chi connectivity index (χ3n) is 3.68. The van der Waals surface area contributed by atoms with Crippen LogP contribution < -0.4 is 10.5 Å². The zero-order valence-electron chi connectivity index (χ0n) is 11.3. The number of methoxy groups -OCH3 is 1. The minimum absolute atomic E-state index is 0.0969. The predicted molar refractivity (Wildman–Crippen MR) is 73.1 cm³/mol. The average molecular weight is 264 g/mol. The molecule has 3 N–H and O–H groups in total. The van der Waals surface area contributed by atoms with Gasteiger partial charge in [0.1, 0.15) is 5.75 Å². The molecule has 19 heavy (non-hydrogen) atoms. The predicted octanol–water partition coefficient (Wildman–Crippen LogP) is 1.12. The summed E-state index contributed by atoms with van der Waals surface area (Å²) in [6, 6.07) is 5.00. The van der Waals surface area contributed by atoms with Gasteiger partial charge in [0.15, 0.2) is 0 Å². The minimum Gasteiger partial charge on any atom is -0.495 e. The highest BCUT2D eigenvalue weighted by Gasteiger charge is 2.28. The topological polar surface area (TPSA) is 75.8 Å². The number of anilines is 1. The Bertz CT molecular complexity index is 476. The van der Waals surface area contributed by atoms with Crippen molar-refractivity contribution in [2.45, 2.75) is 19.4 Å². The lowest BCUT2D eigenvalue weighted by Crippen LogP contribution is -2.45. The Hall–Kier alpha value is -1.75. The molecule has 1 aliphatic heterocycles. The van der Waals surface area contributed by atoms with Crippen molar-refractivity contribution in [3.8, 4) is 5.75 Å². The number of nitrogen functional groups attached to an aromatic ring is 1. The van der Waals surface area contributed by atoms with Crippen molar-refractivity contribution < 1.29 is 14.6 Å². The van der Waals surface area contributed by atoms with Crippen LogP contribution in [0.2, 0.25) is 0 Å². The summed E-state index contributed by atoms with van der Waals surface area (Å²) in [5, 5.41) is 9.84. The van der Waals surface area contributed by atoms with Crippen LogP contribution in [0.25, 0.3) is 0 Å². The molecule has 0 bridgehead atoms. The van der Waals surface area contributed by atoms with E-state index >= 15 is 0 Å². The van der Waals surface area contributed by atoms with Gasteiger partial charge in [0.05, 0.1) is 18.9 Å². The smallest absolute Gasteiger partial charge is 0.254 e. The molecule has 0 aromatic heterocycles. The molecule has 1 amide bonds. The second-order valence-electron chi connectivity index (χ2n) is 5.04. The molecule has 1 aromatic rings. The number of amides is 1. The number of benzene rings is 1. The fraction of sp³-hybridized carbons (Fsp3) is 0.500. The van der Waals surface area contributed by atoms with Crippen LogP contribution in [0.3, 0.4) is 0 Å². The molecule has 1 aliphatic rings. The van der Waals surface area contributed by atoms with Gasteiger partial charge in [-0.15, -0.1) is 0 Å². The third kappa shape index (κ3) is 2.81. The molecular formula is C14H20N2O3. The fourth-order valence-corrected chi connectivity index (χ4v) is 2.28. The van der Waals surface area contributed by atoms with Crippen molar-refractivity contribution in [1.29, 1.82) is 0 Å². The molecule has 2 rings (SSSR count). The Kier molecular flexibility index (Phi) is 3.95. The first kappa shape index (κ1) is 13.7. The van der Waals surface area contributed by atoms with Crippen LogP contribution in [0.4, 0.5) is 5.69 Å². The lowest BCUT2D eigenvalue weighted by atomic mass is 9.95. The van der Waals surface area contributed by atoms with E-state index in [9.17, 15) is 9.90 Å². The number of piperidine rings is 1. The zero-order chi connectivity index (χ0) is 14.0. The van der Waals surface area contributed by atoms with E-state index < -0.39 is 6.10 Å². The molecule has 5 heteroatoms. The molecule has 0 spiro atoms. The van der Waals surface area contributed by atoms with Crippen molar-refractivity contribution in [2.24, 2.45) is 5.92 Å². The molecule has 2 unspecified atom stereocenters. The maximum absolute atomic E-state index is 12.3. The normalized spacial score (nSPS) is 23.2. The van der Waals surface area contributed by atoms with Crippen LogP contribution in [0.5, 0.6) is 5.75 Å². The van der Waals surface area contributed by atoms with Crippen LogP contribution in [-0.4, -0.2) is 42.2 Å². The number of β-amino-alcohol motifs (C(OH)–C–C–N with tert-alkyl or cyclic N) is 1. The summed E-state index contributed by atoms with van der Waals surface area (Å²) in [5.41, 5.74) is 6.78. The third-order valence-corrected chi connectivity index (χ3v) is 3.68. The molecule has 104 valence electrons. The number of hydrogen-bond acceptors (Lipinski definition) is 4. The number of likely N-dealkylation sites (tertiary alicyclic amines) is 1. The molecule has 1 saturated heterocycles. The summed E-state index contributed by atoms with van der Waals surface area (Å²) in [5.74, 6) is 0.703. The molecule has 0 aliphatic carbocycles. The number of hydrogen-bond donors (Lipinski definition) is 2. The summed E-state index contributed by atoms with van der Waals surface area (Å²) < 4.78 is 5.07. The van der Waals surface area contributed by atoms with Crippen molar-refractivity contribution in [1.82, 2.24) is 4.90 Å². The van der Waals surface area contributed by atoms with Gasteiger partial charge in [-0.3, -0.25) is 4.79 Å². The standard InChI is InChI=1S/C14H20N2O3/c1-9-5-6-16(8-12(9)17)14(18)10-3-4-13(19-2)11(15)7-10/h3-4,7,9,12,17H,5-6,8,15H2,1-2H3. The molecule has 1 heterocycles. The maximum Gasteiger partial charge on any atom is 0.254 e. The van der Waals surface area contributed by atoms with Gasteiger partial charge >= 0.3 is 0 Å². The molecular weight excluding hydrogens is 244 g/mol. The summed E-state index contributed by atoms with van der Waals surface area (Å²) in [4.78, 5) is 14.0. The van der Waals surface area contributed by atoms with E-state index in [0.717, 1.165) is 6.42 Å². The minimum atomic E-state index is -0.451. The van der Waals surface area contributed by atoms with Crippen molar-refractivity contribution >= 4 is 11.6 Å². The highest BCUT2D eigenvalue weighted by atomic mass is 16.5. The lowest BCUT2D eigenvalue weighted by molar-refractivity contribution is 0.0248. The fourth-order valence-electron chi connectivity index (χ4n) is 2.28. The Balaban J connectivity index is 2.13. The summed E-state index contributed by atoms with van der Waals surface area (Å²) in [6.07, 6.45) is 0.367. The Morgan fingerprint density at radius 1 is 1.53 bits per heavy atom. The van der Waals surface area contributed by atoms with Gasteiger partial charge in [-0.25, -0.2) is 0 Å². The van der Waals surface area contributed by atoms with Crippen molar-refractivity contribution in [3.05, 3.63) is 23.8 Å². The van der Waals surface area contributed by atoms with E-state index in [4.69, 9.17) is 10.5 Å². The number of carbonyl (C=O) groups excluding carboxylic acids is 1. The molecule has 5 nitrogen and oxygen atoms in total. The average Bonchev–Trinajstić information content (AvgIpc) is 2.41. The molecule has 0 radical (unpaired) electrons. The van der Waals surface area contributed by atoms with Crippen LogP contribution in [0.15, 0.2) is 18.2 Å². The van der Waals surface area contributed by atoms with Crippen LogP contribution in [-0.2, 0) is 0 Å². The first-order valence-corrected chi connectivity index (χ1v) is 6.43. The quantitative estimate of drug-likeness (QED) is 0.785. The van der Waals surface area contributed by atoms with Gasteiger partial charge in [-0.2, -0.15) is 0 Å². The maximum atomic E-state index is 12.3. The number of aliphatic hydroxyl groups excluding tert-OH is 1. The molecule has 0 saturated carbocycles.